The zero-order valence-electron chi connectivity index (χ0n) is 10.6. The summed E-state index contributed by atoms with van der Waals surface area (Å²) >= 11 is 1.76. The minimum absolute atomic E-state index is 0.00606. The van der Waals surface area contributed by atoms with Crippen LogP contribution in [0.15, 0.2) is 24.3 Å². The van der Waals surface area contributed by atoms with Gasteiger partial charge in [-0.3, -0.25) is 4.79 Å². The van der Waals surface area contributed by atoms with Crippen LogP contribution >= 0.6 is 11.8 Å². The molecule has 1 atom stereocenters. The molecule has 1 aromatic rings. The number of rotatable bonds is 5. The molecule has 1 heterocycles. The summed E-state index contributed by atoms with van der Waals surface area (Å²) in [6, 6.07) is 7.80. The molecule has 0 saturated carbocycles. The lowest BCUT2D eigenvalue weighted by Gasteiger charge is -2.11. The smallest absolute Gasteiger partial charge is 0.251 e. The summed E-state index contributed by atoms with van der Waals surface area (Å²) < 4.78 is 5.48. The summed E-state index contributed by atoms with van der Waals surface area (Å²) in [4.78, 5) is 12.0. The van der Waals surface area contributed by atoms with E-state index in [4.69, 9.17) is 4.74 Å². The second-order valence-electron chi connectivity index (χ2n) is 4.48. The number of hydrogen-bond acceptors (Lipinski definition) is 3. The van der Waals surface area contributed by atoms with E-state index in [9.17, 15) is 4.79 Å². The average Bonchev–Trinajstić information content (AvgIpc) is 2.90. The highest BCUT2D eigenvalue weighted by Crippen LogP contribution is 2.13. The molecule has 0 aliphatic carbocycles. The molecular weight excluding hydrogens is 246 g/mol. The fourth-order valence-electron chi connectivity index (χ4n) is 2.08. The molecule has 18 heavy (non-hydrogen) atoms. The summed E-state index contributed by atoms with van der Waals surface area (Å²) in [5.74, 6) is 0.931. The summed E-state index contributed by atoms with van der Waals surface area (Å²) in [7, 11) is 0. The van der Waals surface area contributed by atoms with Gasteiger partial charge in [-0.15, -0.1) is 0 Å². The number of thioether (sulfide) groups is 1. The maximum Gasteiger partial charge on any atom is 0.251 e. The number of amides is 1. The van der Waals surface area contributed by atoms with Crippen LogP contribution in [0.4, 0.5) is 0 Å². The summed E-state index contributed by atoms with van der Waals surface area (Å²) in [5.41, 5.74) is 1.92. The number of hydrogen-bond donors (Lipinski definition) is 1. The minimum atomic E-state index is -0.00606. The lowest BCUT2D eigenvalue weighted by Crippen LogP contribution is -2.31. The van der Waals surface area contributed by atoms with E-state index in [0.29, 0.717) is 6.54 Å². The predicted octanol–water partition coefficient (Wildman–Crippen LogP) is 2.46. The van der Waals surface area contributed by atoms with Crippen LogP contribution in [-0.4, -0.2) is 31.4 Å². The molecule has 0 unspecified atom stereocenters. The molecule has 1 aliphatic rings. The van der Waals surface area contributed by atoms with Crippen LogP contribution in [0.5, 0.6) is 0 Å². The molecule has 2 rings (SSSR count). The van der Waals surface area contributed by atoms with Crippen LogP contribution in [0, 0.1) is 0 Å². The van der Waals surface area contributed by atoms with E-state index in [1.54, 1.807) is 11.8 Å². The molecule has 0 bridgehead atoms. The molecule has 1 aromatic carbocycles. The highest BCUT2D eigenvalue weighted by atomic mass is 32.2. The van der Waals surface area contributed by atoms with Crippen LogP contribution in [0.3, 0.4) is 0 Å². The van der Waals surface area contributed by atoms with Gasteiger partial charge in [0, 0.05) is 24.5 Å². The molecule has 98 valence electrons. The summed E-state index contributed by atoms with van der Waals surface area (Å²) in [5, 5.41) is 2.94. The fraction of sp³-hybridized carbons (Fsp3) is 0.500. The zero-order chi connectivity index (χ0) is 12.8. The molecule has 0 radical (unpaired) electrons. The van der Waals surface area contributed by atoms with Crippen molar-refractivity contribution in [2.75, 3.05) is 19.4 Å². The van der Waals surface area contributed by atoms with Crippen LogP contribution in [0.2, 0.25) is 0 Å². The molecule has 3 nitrogen and oxygen atoms in total. The molecule has 1 amide bonds. The van der Waals surface area contributed by atoms with Gasteiger partial charge in [-0.05, 0) is 36.8 Å². The minimum Gasteiger partial charge on any atom is -0.376 e. The van der Waals surface area contributed by atoms with Crippen LogP contribution in [0.25, 0.3) is 0 Å². The molecule has 1 saturated heterocycles. The maximum absolute atomic E-state index is 12.0. The molecule has 1 aliphatic heterocycles. The lowest BCUT2D eigenvalue weighted by atomic mass is 10.1. The maximum atomic E-state index is 12.0. The Kier molecular flexibility index (Phi) is 5.08. The van der Waals surface area contributed by atoms with E-state index in [-0.39, 0.29) is 12.0 Å². The van der Waals surface area contributed by atoms with Crippen LogP contribution in [0.1, 0.15) is 28.8 Å². The van der Waals surface area contributed by atoms with Crippen molar-refractivity contribution in [3.8, 4) is 0 Å². The second kappa shape index (κ2) is 6.81. The van der Waals surface area contributed by atoms with Gasteiger partial charge in [0.2, 0.25) is 0 Å². The highest BCUT2D eigenvalue weighted by Gasteiger charge is 2.16. The number of benzene rings is 1. The summed E-state index contributed by atoms with van der Waals surface area (Å²) in [6.07, 6.45) is 4.41. The number of ether oxygens (including phenoxy) is 1. The Balaban J connectivity index is 1.89. The molecular formula is C14H19NO2S. The molecule has 1 N–H and O–H groups in total. The number of nitrogens with one attached hydrogen (secondary N) is 1. The first-order valence-electron chi connectivity index (χ1n) is 6.27. The van der Waals surface area contributed by atoms with Gasteiger partial charge in [-0.2, -0.15) is 11.8 Å². The normalized spacial score (nSPS) is 18.8. The Hall–Kier alpha value is -1.00. The van der Waals surface area contributed by atoms with Gasteiger partial charge < -0.3 is 10.1 Å². The van der Waals surface area contributed by atoms with Crippen molar-refractivity contribution in [2.45, 2.75) is 24.7 Å². The van der Waals surface area contributed by atoms with Gasteiger partial charge in [0.05, 0.1) is 6.10 Å². The number of carbonyl (C=O) groups is 1. The van der Waals surface area contributed by atoms with Gasteiger partial charge >= 0.3 is 0 Å². The Morgan fingerprint density at radius 3 is 3.17 bits per heavy atom. The Bertz CT molecular complexity index is 403. The standard InChI is InChI=1S/C14H19NO2S/c1-18-10-11-4-2-5-12(8-11)14(16)15-9-13-6-3-7-17-13/h2,4-5,8,13H,3,6-7,9-10H2,1H3,(H,15,16)/t13-/m1/s1. The monoisotopic (exact) mass is 265 g/mol. The van der Waals surface area contributed by atoms with Gasteiger partial charge in [0.1, 0.15) is 0 Å². The van der Waals surface area contributed by atoms with E-state index in [2.05, 4.69) is 11.6 Å². The third-order valence-electron chi connectivity index (χ3n) is 3.01. The van der Waals surface area contributed by atoms with Crippen molar-refractivity contribution in [3.05, 3.63) is 35.4 Å². The van der Waals surface area contributed by atoms with Gasteiger partial charge in [0.15, 0.2) is 0 Å². The topological polar surface area (TPSA) is 38.3 Å². The van der Waals surface area contributed by atoms with Crippen LogP contribution < -0.4 is 5.32 Å². The van der Waals surface area contributed by atoms with Crippen molar-refractivity contribution in [2.24, 2.45) is 0 Å². The predicted molar refractivity (Wildman–Crippen MR) is 75.0 cm³/mol. The first-order valence-corrected chi connectivity index (χ1v) is 7.66. The quantitative estimate of drug-likeness (QED) is 0.888. The Labute approximate surface area is 112 Å². The SMILES string of the molecule is CSCc1cccc(C(=O)NC[C@H]2CCCO2)c1. The Morgan fingerprint density at radius 2 is 2.44 bits per heavy atom. The molecule has 0 aromatic heterocycles. The van der Waals surface area contributed by atoms with Crippen molar-refractivity contribution in [1.82, 2.24) is 5.32 Å². The van der Waals surface area contributed by atoms with E-state index in [0.717, 1.165) is 30.8 Å². The first-order chi connectivity index (χ1) is 8.79. The highest BCUT2D eigenvalue weighted by molar-refractivity contribution is 7.97. The van der Waals surface area contributed by atoms with E-state index < -0.39 is 0 Å². The van der Waals surface area contributed by atoms with Crippen molar-refractivity contribution >= 4 is 17.7 Å². The van der Waals surface area contributed by atoms with Crippen LogP contribution in [-0.2, 0) is 10.5 Å². The van der Waals surface area contributed by atoms with Crippen molar-refractivity contribution < 1.29 is 9.53 Å². The van der Waals surface area contributed by atoms with Crippen molar-refractivity contribution in [1.29, 1.82) is 0 Å². The van der Waals surface area contributed by atoms with E-state index >= 15 is 0 Å². The Morgan fingerprint density at radius 1 is 1.56 bits per heavy atom. The fourth-order valence-corrected chi connectivity index (χ4v) is 2.60. The third-order valence-corrected chi connectivity index (χ3v) is 3.64. The van der Waals surface area contributed by atoms with Gasteiger partial charge in [0.25, 0.3) is 5.91 Å². The average molecular weight is 265 g/mol. The molecule has 1 fully saturated rings. The number of carbonyl (C=O) groups excluding carboxylic acids is 1. The second-order valence-corrected chi connectivity index (χ2v) is 5.34. The van der Waals surface area contributed by atoms with Gasteiger partial charge in [-0.1, -0.05) is 12.1 Å². The van der Waals surface area contributed by atoms with Crippen molar-refractivity contribution in [3.63, 3.8) is 0 Å². The zero-order valence-corrected chi connectivity index (χ0v) is 11.5. The van der Waals surface area contributed by atoms with E-state index in [1.807, 2.05) is 24.3 Å². The third kappa shape index (κ3) is 3.75. The van der Waals surface area contributed by atoms with E-state index in [1.165, 1.54) is 5.56 Å². The first kappa shape index (κ1) is 13.4. The largest absolute Gasteiger partial charge is 0.376 e. The lowest BCUT2D eigenvalue weighted by molar-refractivity contribution is 0.0857. The summed E-state index contributed by atoms with van der Waals surface area (Å²) in [6.45, 7) is 1.44. The van der Waals surface area contributed by atoms with Gasteiger partial charge in [-0.25, -0.2) is 0 Å². The molecule has 4 heteroatoms. The molecule has 0 spiro atoms.